The van der Waals surface area contributed by atoms with Crippen LogP contribution in [0.15, 0.2) is 48.5 Å². The van der Waals surface area contributed by atoms with Crippen molar-refractivity contribution in [1.29, 1.82) is 0 Å². The first-order chi connectivity index (χ1) is 24.3. The van der Waals surface area contributed by atoms with Gasteiger partial charge in [-0.15, -0.1) is 0 Å². The number of carboxylic acid groups (broad SMARTS) is 2. The van der Waals surface area contributed by atoms with E-state index in [0.29, 0.717) is 13.1 Å². The molecule has 51 heavy (non-hydrogen) atoms. The van der Waals surface area contributed by atoms with E-state index in [0.717, 1.165) is 24.2 Å². The Bertz CT molecular complexity index is 1010. The average molecular weight is 754 g/mol. The van der Waals surface area contributed by atoms with Crippen LogP contribution in [0.4, 0.5) is 11.4 Å². The molecular formula is C44H74N2NiO4+2. The van der Waals surface area contributed by atoms with Gasteiger partial charge in [0.1, 0.15) is 0 Å². The van der Waals surface area contributed by atoms with Crippen LogP contribution < -0.4 is 9.80 Å². The summed E-state index contributed by atoms with van der Waals surface area (Å²) in [5.41, 5.74) is 4.95. The summed E-state index contributed by atoms with van der Waals surface area (Å²) in [4.78, 5) is 25.3. The first-order valence-corrected chi connectivity index (χ1v) is 20.3. The zero-order chi connectivity index (χ0) is 36.7. The van der Waals surface area contributed by atoms with Crippen molar-refractivity contribution in [3.8, 4) is 0 Å². The number of unbranched alkanes of at least 4 members (excludes halogenated alkanes) is 18. The van der Waals surface area contributed by atoms with E-state index in [9.17, 15) is 9.59 Å². The van der Waals surface area contributed by atoms with Gasteiger partial charge in [0, 0.05) is 38.6 Å². The number of hydrogen-bond donors (Lipinski definition) is 2. The number of aliphatic carboxylic acids is 2. The summed E-state index contributed by atoms with van der Waals surface area (Å²) < 4.78 is 0. The molecule has 292 valence electrons. The summed E-state index contributed by atoms with van der Waals surface area (Å²) in [6, 6.07) is 17.1. The molecule has 0 spiro atoms. The van der Waals surface area contributed by atoms with Crippen LogP contribution in [0.1, 0.15) is 166 Å². The van der Waals surface area contributed by atoms with Crippen LogP contribution >= 0.6 is 0 Å². The SMILES string of the molecule is CCCCCCCCCCCCc1ccc(N(C)CCC(=O)O)cc1.CCCCCCCCCCCCc1ccc(N(C)CCC(=O)O)cc1.[Ni+2]. The van der Waals surface area contributed by atoms with Crippen molar-refractivity contribution in [3.05, 3.63) is 59.7 Å². The zero-order valence-electron chi connectivity index (χ0n) is 32.9. The third-order valence-corrected chi connectivity index (χ3v) is 9.71. The van der Waals surface area contributed by atoms with Crippen molar-refractivity contribution >= 4 is 23.3 Å². The third-order valence-electron chi connectivity index (χ3n) is 9.71. The zero-order valence-corrected chi connectivity index (χ0v) is 33.9. The number of anilines is 2. The Hall–Kier alpha value is -2.53. The molecular weight excluding hydrogens is 679 g/mol. The number of rotatable bonds is 30. The van der Waals surface area contributed by atoms with Gasteiger partial charge in [0.15, 0.2) is 0 Å². The number of benzene rings is 2. The molecule has 0 saturated heterocycles. The van der Waals surface area contributed by atoms with Gasteiger partial charge in [0.2, 0.25) is 0 Å². The van der Waals surface area contributed by atoms with Crippen LogP contribution in [0.25, 0.3) is 0 Å². The fourth-order valence-electron chi connectivity index (χ4n) is 6.25. The van der Waals surface area contributed by atoms with Crippen molar-refractivity contribution in [2.45, 2.75) is 168 Å². The third kappa shape index (κ3) is 27.8. The number of carbonyl (C=O) groups is 2. The molecule has 0 unspecified atom stereocenters. The number of hydrogen-bond acceptors (Lipinski definition) is 4. The van der Waals surface area contributed by atoms with Gasteiger partial charge in [-0.05, 0) is 61.1 Å². The maximum absolute atomic E-state index is 10.6. The molecule has 0 aliphatic heterocycles. The molecule has 2 aromatic carbocycles. The van der Waals surface area contributed by atoms with E-state index < -0.39 is 11.9 Å². The Kier molecular flexibility index (Phi) is 31.7. The van der Waals surface area contributed by atoms with Crippen molar-refractivity contribution in [3.63, 3.8) is 0 Å². The standard InChI is InChI=1S/2C22H37NO2.Ni/c2*1-3-4-5-6-7-8-9-10-11-12-13-20-14-16-21(17-15-20)23(2)19-18-22(24)25;/h2*14-17H,3-13,18-19H2,1-2H3,(H,24,25);/q;;+2. The normalized spacial score (nSPS) is 10.6. The minimum absolute atomic E-state index is 0. The predicted molar refractivity (Wildman–Crippen MR) is 215 cm³/mol. The molecule has 6 nitrogen and oxygen atoms in total. The minimum atomic E-state index is -0.746. The molecule has 2 N–H and O–H groups in total. The summed E-state index contributed by atoms with van der Waals surface area (Å²) in [5, 5.41) is 17.5. The van der Waals surface area contributed by atoms with Crippen molar-refractivity contribution < 1.29 is 36.3 Å². The Morgan fingerprint density at radius 3 is 0.961 bits per heavy atom. The van der Waals surface area contributed by atoms with E-state index in [2.05, 4.69) is 62.4 Å². The topological polar surface area (TPSA) is 81.1 Å². The van der Waals surface area contributed by atoms with Crippen LogP contribution in [0.5, 0.6) is 0 Å². The smallest absolute Gasteiger partial charge is 0.481 e. The summed E-state index contributed by atoms with van der Waals surface area (Å²) in [7, 11) is 3.89. The fraction of sp³-hybridized carbons (Fsp3) is 0.682. The Labute approximate surface area is 323 Å². The molecule has 0 amide bonds. The minimum Gasteiger partial charge on any atom is -0.481 e. The van der Waals surface area contributed by atoms with Crippen LogP contribution in [0, 0.1) is 0 Å². The largest absolute Gasteiger partial charge is 2.00 e. The molecule has 0 atom stereocenters. The van der Waals surface area contributed by atoms with Crippen LogP contribution in [-0.4, -0.2) is 49.3 Å². The summed E-state index contributed by atoms with van der Waals surface area (Å²) in [5.74, 6) is -1.49. The molecule has 2 aromatic rings. The van der Waals surface area contributed by atoms with E-state index in [4.69, 9.17) is 10.2 Å². The van der Waals surface area contributed by atoms with Crippen LogP contribution in [0.2, 0.25) is 0 Å². The average Bonchev–Trinajstić information content (AvgIpc) is 3.12. The molecule has 0 aromatic heterocycles. The van der Waals surface area contributed by atoms with Gasteiger partial charge in [-0.3, -0.25) is 9.59 Å². The van der Waals surface area contributed by atoms with Gasteiger partial charge in [0.25, 0.3) is 0 Å². The van der Waals surface area contributed by atoms with Gasteiger partial charge in [-0.25, -0.2) is 0 Å². The van der Waals surface area contributed by atoms with Gasteiger partial charge in [-0.1, -0.05) is 154 Å². The summed E-state index contributed by atoms with van der Waals surface area (Å²) >= 11 is 0. The molecule has 0 heterocycles. The van der Waals surface area contributed by atoms with Gasteiger partial charge in [0.05, 0.1) is 12.8 Å². The second-order valence-electron chi connectivity index (χ2n) is 14.3. The second-order valence-corrected chi connectivity index (χ2v) is 14.3. The summed E-state index contributed by atoms with van der Waals surface area (Å²) in [6.07, 6.45) is 30.1. The first kappa shape index (κ1) is 48.5. The maximum Gasteiger partial charge on any atom is 2.00 e. The maximum atomic E-state index is 10.6. The summed E-state index contributed by atoms with van der Waals surface area (Å²) in [6.45, 7) is 5.64. The van der Waals surface area contributed by atoms with Crippen molar-refractivity contribution in [2.24, 2.45) is 0 Å². The first-order valence-electron chi connectivity index (χ1n) is 20.3. The van der Waals surface area contributed by atoms with E-state index in [1.165, 1.54) is 140 Å². The Morgan fingerprint density at radius 1 is 0.451 bits per heavy atom. The molecule has 0 aliphatic carbocycles. The molecule has 7 heteroatoms. The second kappa shape index (κ2) is 33.3. The molecule has 0 saturated carbocycles. The molecule has 0 fully saturated rings. The van der Waals surface area contributed by atoms with E-state index in [1.807, 2.05) is 23.9 Å². The molecule has 0 bridgehead atoms. The molecule has 0 aliphatic rings. The predicted octanol–water partition coefficient (Wildman–Crippen LogP) is 12.1. The quantitative estimate of drug-likeness (QED) is 0.0611. The van der Waals surface area contributed by atoms with Crippen molar-refractivity contribution in [2.75, 3.05) is 37.0 Å². The van der Waals surface area contributed by atoms with Gasteiger partial charge >= 0.3 is 28.4 Å². The van der Waals surface area contributed by atoms with Gasteiger partial charge in [-0.2, -0.15) is 0 Å². The van der Waals surface area contributed by atoms with Gasteiger partial charge < -0.3 is 20.0 Å². The fourth-order valence-corrected chi connectivity index (χ4v) is 6.25. The van der Waals surface area contributed by atoms with Crippen LogP contribution in [-0.2, 0) is 38.9 Å². The molecule has 2 rings (SSSR count). The number of aryl methyl sites for hydroxylation is 2. The van der Waals surface area contributed by atoms with Crippen molar-refractivity contribution in [1.82, 2.24) is 0 Å². The number of nitrogens with zero attached hydrogens (tertiary/aromatic N) is 2. The van der Waals surface area contributed by atoms with Crippen LogP contribution in [0.3, 0.4) is 0 Å². The molecule has 0 radical (unpaired) electrons. The Balaban J connectivity index is 0.000000962. The van der Waals surface area contributed by atoms with E-state index in [1.54, 1.807) is 0 Å². The van der Waals surface area contributed by atoms with E-state index >= 15 is 0 Å². The number of carboxylic acids is 2. The Morgan fingerprint density at radius 2 is 0.706 bits per heavy atom. The monoisotopic (exact) mass is 752 g/mol. The van der Waals surface area contributed by atoms with E-state index in [-0.39, 0.29) is 29.3 Å².